The molecule has 2 rings (SSSR count). The van der Waals surface area contributed by atoms with Crippen LogP contribution in [0.1, 0.15) is 25.5 Å². The molecule has 0 aliphatic carbocycles. The minimum atomic E-state index is -3.12. The summed E-state index contributed by atoms with van der Waals surface area (Å²) >= 11 is 0. The van der Waals surface area contributed by atoms with Gasteiger partial charge in [0.15, 0.2) is 5.85 Å². The zero-order valence-corrected chi connectivity index (χ0v) is 10.9. The fourth-order valence-corrected chi connectivity index (χ4v) is 3.65. The summed E-state index contributed by atoms with van der Waals surface area (Å²) < 4.78 is 28.4. The molecular weight excluding hydrogens is 239 g/mol. The minimum Gasteiger partial charge on any atom is -0.351 e. The van der Waals surface area contributed by atoms with E-state index in [1.807, 2.05) is 30.3 Å². The van der Waals surface area contributed by atoms with E-state index in [0.29, 0.717) is 13.2 Å². The van der Waals surface area contributed by atoms with Gasteiger partial charge in [-0.15, -0.1) is 0 Å². The average Bonchev–Trinajstić information content (AvgIpc) is 3.11. The van der Waals surface area contributed by atoms with Crippen LogP contribution in [0.4, 0.5) is 0 Å². The first kappa shape index (κ1) is 12.8. The maximum atomic E-state index is 12.4. The molecule has 1 aromatic carbocycles. The van der Waals surface area contributed by atoms with Gasteiger partial charge in [-0.05, 0) is 19.4 Å². The number of ether oxygens (including phenoxy) is 1. The third-order valence-electron chi connectivity index (χ3n) is 2.53. The molecule has 0 aromatic heterocycles. The highest BCUT2D eigenvalue weighted by Crippen LogP contribution is 2.66. The van der Waals surface area contributed by atoms with E-state index >= 15 is 0 Å². The van der Waals surface area contributed by atoms with Crippen molar-refractivity contribution in [1.29, 1.82) is 0 Å². The Bertz CT molecular complexity index is 396. The van der Waals surface area contributed by atoms with Crippen LogP contribution < -0.4 is 0 Å². The second kappa shape index (κ2) is 5.32. The molecule has 0 unspecified atom stereocenters. The van der Waals surface area contributed by atoms with Crippen molar-refractivity contribution >= 4 is 7.60 Å². The quantitative estimate of drug-likeness (QED) is 0.578. The van der Waals surface area contributed by atoms with Crippen molar-refractivity contribution < 1.29 is 18.3 Å². The van der Waals surface area contributed by atoms with Gasteiger partial charge in [-0.25, -0.2) is 0 Å². The Morgan fingerprint density at radius 2 is 1.76 bits per heavy atom. The summed E-state index contributed by atoms with van der Waals surface area (Å²) in [5, 5.41) is 0. The number of benzene rings is 1. The van der Waals surface area contributed by atoms with Crippen molar-refractivity contribution in [3.63, 3.8) is 0 Å². The maximum absolute atomic E-state index is 12.4. The predicted molar refractivity (Wildman–Crippen MR) is 64.9 cm³/mol. The van der Waals surface area contributed by atoms with Crippen LogP contribution in [-0.4, -0.2) is 19.1 Å². The maximum Gasteiger partial charge on any atom is 0.362 e. The van der Waals surface area contributed by atoms with Crippen LogP contribution >= 0.6 is 7.60 Å². The third kappa shape index (κ3) is 2.78. The number of rotatable bonds is 6. The van der Waals surface area contributed by atoms with Crippen molar-refractivity contribution in [3.05, 3.63) is 35.9 Å². The molecule has 0 bridgehead atoms. The molecule has 1 aromatic rings. The first-order chi connectivity index (χ1) is 8.21. The standard InChI is InChI=1S/C12H17O4P/c1-3-14-17(13,15-4-2)12-11(16-12)10-8-6-5-7-9-10/h5-9,11-12H,3-4H2,1-2H3/t11-,12-/m1/s1. The van der Waals surface area contributed by atoms with Crippen molar-refractivity contribution in [3.8, 4) is 0 Å². The Kier molecular flexibility index (Phi) is 4.00. The smallest absolute Gasteiger partial charge is 0.351 e. The first-order valence-electron chi connectivity index (χ1n) is 5.80. The Morgan fingerprint density at radius 3 is 2.29 bits per heavy atom. The molecule has 0 saturated carbocycles. The van der Waals surface area contributed by atoms with Crippen molar-refractivity contribution in [1.82, 2.24) is 0 Å². The fourth-order valence-electron chi connectivity index (χ4n) is 1.78. The third-order valence-corrected chi connectivity index (χ3v) is 4.78. The molecule has 0 radical (unpaired) electrons. The molecule has 0 spiro atoms. The van der Waals surface area contributed by atoms with Crippen LogP contribution in [0.3, 0.4) is 0 Å². The largest absolute Gasteiger partial charge is 0.362 e. The van der Waals surface area contributed by atoms with E-state index in [-0.39, 0.29) is 6.10 Å². The van der Waals surface area contributed by atoms with E-state index in [1.165, 1.54) is 0 Å². The molecule has 0 N–H and O–H groups in total. The summed E-state index contributed by atoms with van der Waals surface area (Å²) in [6.07, 6.45) is -0.167. The fraction of sp³-hybridized carbons (Fsp3) is 0.500. The monoisotopic (exact) mass is 256 g/mol. The molecule has 1 saturated heterocycles. The highest BCUT2D eigenvalue weighted by Gasteiger charge is 2.55. The Labute approximate surface area is 101 Å². The Balaban J connectivity index is 2.08. The molecule has 1 heterocycles. The van der Waals surface area contributed by atoms with E-state index in [0.717, 1.165) is 5.56 Å². The van der Waals surface area contributed by atoms with Crippen molar-refractivity contribution in [2.45, 2.75) is 25.8 Å². The van der Waals surface area contributed by atoms with Crippen LogP contribution in [-0.2, 0) is 18.3 Å². The van der Waals surface area contributed by atoms with Crippen molar-refractivity contribution in [2.24, 2.45) is 0 Å². The highest BCUT2D eigenvalue weighted by molar-refractivity contribution is 7.54. The van der Waals surface area contributed by atoms with E-state index in [2.05, 4.69) is 0 Å². The van der Waals surface area contributed by atoms with E-state index in [1.54, 1.807) is 13.8 Å². The zero-order valence-electron chi connectivity index (χ0n) is 10.0. The summed E-state index contributed by atoms with van der Waals surface area (Å²) in [5.74, 6) is -0.454. The first-order valence-corrected chi connectivity index (χ1v) is 7.41. The lowest BCUT2D eigenvalue weighted by atomic mass is 10.2. The molecule has 1 fully saturated rings. The molecule has 4 nitrogen and oxygen atoms in total. The zero-order chi connectivity index (χ0) is 12.3. The van der Waals surface area contributed by atoms with Gasteiger partial charge >= 0.3 is 7.60 Å². The SMILES string of the molecule is CCOP(=O)(OCC)[C@H]1O[C@@H]1c1ccccc1. The lowest BCUT2D eigenvalue weighted by molar-refractivity contribution is 0.208. The molecule has 1 aliphatic rings. The number of hydrogen-bond donors (Lipinski definition) is 0. The van der Waals surface area contributed by atoms with Crippen LogP contribution in [0.25, 0.3) is 0 Å². The second-order valence-electron chi connectivity index (χ2n) is 3.73. The van der Waals surface area contributed by atoms with Crippen LogP contribution in [0.2, 0.25) is 0 Å². The molecular formula is C12H17O4P. The van der Waals surface area contributed by atoms with Gasteiger partial charge in [0.2, 0.25) is 0 Å². The van der Waals surface area contributed by atoms with Gasteiger partial charge in [-0.2, -0.15) is 0 Å². The highest BCUT2D eigenvalue weighted by atomic mass is 31.2. The molecule has 2 atom stereocenters. The molecule has 5 heteroatoms. The topological polar surface area (TPSA) is 48.1 Å². The van der Waals surface area contributed by atoms with Gasteiger partial charge < -0.3 is 13.8 Å². The summed E-state index contributed by atoms with van der Waals surface area (Å²) in [5.41, 5.74) is 1.01. The van der Waals surface area contributed by atoms with Crippen molar-refractivity contribution in [2.75, 3.05) is 13.2 Å². The second-order valence-corrected chi connectivity index (χ2v) is 5.84. The van der Waals surface area contributed by atoms with Gasteiger partial charge in [0.1, 0.15) is 6.10 Å². The summed E-state index contributed by atoms with van der Waals surface area (Å²) in [4.78, 5) is 0. The number of epoxide rings is 1. The molecule has 94 valence electrons. The van der Waals surface area contributed by atoms with E-state index < -0.39 is 13.4 Å². The average molecular weight is 256 g/mol. The van der Waals surface area contributed by atoms with E-state index in [4.69, 9.17) is 13.8 Å². The van der Waals surface area contributed by atoms with E-state index in [9.17, 15) is 4.57 Å². The van der Waals surface area contributed by atoms with Gasteiger partial charge in [-0.3, -0.25) is 4.57 Å². The molecule has 1 aliphatic heterocycles. The molecule has 17 heavy (non-hydrogen) atoms. The van der Waals surface area contributed by atoms with Crippen LogP contribution in [0.5, 0.6) is 0 Å². The summed E-state index contributed by atoms with van der Waals surface area (Å²) in [6.45, 7) is 4.31. The van der Waals surface area contributed by atoms with Gasteiger partial charge in [0, 0.05) is 0 Å². The normalized spacial score (nSPS) is 23.6. The Hall–Kier alpha value is -0.670. The molecule has 0 amide bonds. The number of hydrogen-bond acceptors (Lipinski definition) is 4. The lowest BCUT2D eigenvalue weighted by Gasteiger charge is -2.14. The summed E-state index contributed by atoms with van der Waals surface area (Å²) in [6, 6.07) is 9.70. The predicted octanol–water partition coefficient (Wildman–Crippen LogP) is 3.35. The van der Waals surface area contributed by atoms with Crippen LogP contribution in [0.15, 0.2) is 30.3 Å². The van der Waals surface area contributed by atoms with Crippen LogP contribution in [0, 0.1) is 0 Å². The van der Waals surface area contributed by atoms with Gasteiger partial charge in [0.05, 0.1) is 13.2 Å². The summed E-state index contributed by atoms with van der Waals surface area (Å²) in [7, 11) is -3.12. The van der Waals surface area contributed by atoms with Gasteiger partial charge in [0.25, 0.3) is 0 Å². The Morgan fingerprint density at radius 1 is 1.18 bits per heavy atom. The van der Waals surface area contributed by atoms with Gasteiger partial charge in [-0.1, -0.05) is 30.3 Å². The minimum absolute atomic E-state index is 0.167. The lowest BCUT2D eigenvalue weighted by Crippen LogP contribution is -2.02.